The van der Waals surface area contributed by atoms with Gasteiger partial charge in [0.25, 0.3) is 11.1 Å². The van der Waals surface area contributed by atoms with Crippen LogP contribution in [-0.4, -0.2) is 58.3 Å². The summed E-state index contributed by atoms with van der Waals surface area (Å²) < 4.78 is 17.5. The summed E-state index contributed by atoms with van der Waals surface area (Å²) >= 11 is 6.82. The zero-order chi connectivity index (χ0) is 33.2. The average Bonchev–Trinajstić information content (AvgIpc) is 3.69. The van der Waals surface area contributed by atoms with Gasteiger partial charge in [0.1, 0.15) is 13.1 Å². The lowest BCUT2D eigenvalue weighted by Crippen LogP contribution is -2.36. The van der Waals surface area contributed by atoms with E-state index < -0.39 is 29.6 Å². The number of benzene rings is 3. The highest BCUT2D eigenvalue weighted by Gasteiger charge is 2.37. The number of amides is 4. The van der Waals surface area contributed by atoms with Crippen LogP contribution in [0.15, 0.2) is 65.6 Å². The number of carbonyl (C=O) groups excluding carboxylic acids is 5. The first-order valence-corrected chi connectivity index (χ1v) is 15.6. The number of nitrogens with one attached hydrogen (secondary N) is 2. The van der Waals surface area contributed by atoms with Crippen molar-refractivity contribution in [2.45, 2.75) is 20.4 Å². The van der Waals surface area contributed by atoms with E-state index in [1.165, 1.54) is 18.2 Å². The van der Waals surface area contributed by atoms with Gasteiger partial charge in [-0.2, -0.15) is 0 Å². The molecule has 0 radical (unpaired) electrons. The summed E-state index contributed by atoms with van der Waals surface area (Å²) in [5, 5.41) is 5.79. The second-order valence-electron chi connectivity index (χ2n) is 10.4. The summed E-state index contributed by atoms with van der Waals surface area (Å²) in [5.74, 6) is -1.04. The van der Waals surface area contributed by atoms with E-state index in [0.717, 1.165) is 27.6 Å². The van der Waals surface area contributed by atoms with Crippen LogP contribution in [-0.2, 0) is 25.7 Å². The number of rotatable bonds is 9. The Labute approximate surface area is 277 Å². The lowest BCUT2D eigenvalue weighted by Gasteiger charge is -2.13. The zero-order valence-electron chi connectivity index (χ0n) is 25.1. The van der Waals surface area contributed by atoms with Crippen molar-refractivity contribution in [1.82, 2.24) is 9.47 Å². The fourth-order valence-corrected chi connectivity index (χ4v) is 6.26. The Bertz CT molecular complexity index is 2010. The molecule has 0 aliphatic carbocycles. The van der Waals surface area contributed by atoms with Gasteiger partial charge in [0.05, 0.1) is 22.1 Å². The number of nitrogens with zero attached hydrogens (tertiary/aromatic N) is 2. The lowest BCUT2D eigenvalue weighted by molar-refractivity contribution is -0.127. The Morgan fingerprint density at radius 3 is 2.45 bits per heavy atom. The number of aromatic nitrogens is 1. The Morgan fingerprint density at radius 1 is 0.957 bits per heavy atom. The molecular weight excluding hydrogens is 648 g/mol. The van der Waals surface area contributed by atoms with Gasteiger partial charge in [-0.3, -0.25) is 24.1 Å². The highest BCUT2D eigenvalue weighted by molar-refractivity contribution is 8.18. The van der Waals surface area contributed by atoms with Crippen molar-refractivity contribution in [3.05, 3.63) is 87.4 Å². The lowest BCUT2D eigenvalue weighted by atomic mass is 10.1. The quantitative estimate of drug-likeness (QED) is 0.166. The smallest absolute Gasteiger partial charge is 0.339 e. The van der Waals surface area contributed by atoms with Crippen molar-refractivity contribution >= 4 is 80.6 Å². The number of esters is 1. The van der Waals surface area contributed by atoms with E-state index in [0.29, 0.717) is 28.4 Å². The maximum atomic E-state index is 13.4. The average molecular weight is 675 g/mol. The molecule has 6 rings (SSSR count). The fraction of sp³-hybridized carbons (Fsp3) is 0.182. The molecule has 0 spiro atoms. The molecule has 1 saturated heterocycles. The monoisotopic (exact) mass is 674 g/mol. The van der Waals surface area contributed by atoms with Gasteiger partial charge in [-0.05, 0) is 68.1 Å². The molecule has 0 bridgehead atoms. The van der Waals surface area contributed by atoms with Crippen LogP contribution in [0, 0.1) is 6.92 Å². The van der Waals surface area contributed by atoms with Gasteiger partial charge in [0.2, 0.25) is 18.6 Å². The topological polar surface area (TPSA) is 145 Å². The molecule has 2 aliphatic rings. The van der Waals surface area contributed by atoms with Crippen LogP contribution in [0.4, 0.5) is 16.2 Å². The number of thioether (sulfide) groups is 1. The van der Waals surface area contributed by atoms with Gasteiger partial charge in [-0.25, -0.2) is 4.79 Å². The highest BCUT2D eigenvalue weighted by Crippen LogP contribution is 2.36. The number of imide groups is 1. The Hall–Kier alpha value is -5.27. The third-order valence-corrected chi connectivity index (χ3v) is 8.67. The maximum absolute atomic E-state index is 13.4. The molecule has 12 nitrogen and oxygen atoms in total. The van der Waals surface area contributed by atoms with Crippen molar-refractivity contribution < 1.29 is 38.2 Å². The summed E-state index contributed by atoms with van der Waals surface area (Å²) in [6.45, 7) is 3.20. The SMILES string of the molecule is CCOC(=O)c1cc(NC(=O)CN2C(=O)S/C(=C\c3c(C)n(CC(=O)Nc4ccc5c(c4)OCO5)c4ccccc34)C2=O)ccc1Cl. The molecule has 4 amide bonds. The number of anilines is 2. The second-order valence-corrected chi connectivity index (χ2v) is 11.9. The van der Waals surface area contributed by atoms with Gasteiger partial charge >= 0.3 is 5.97 Å². The summed E-state index contributed by atoms with van der Waals surface area (Å²) in [7, 11) is 0. The molecule has 47 heavy (non-hydrogen) atoms. The van der Waals surface area contributed by atoms with Crippen molar-refractivity contribution in [3.8, 4) is 11.5 Å². The van der Waals surface area contributed by atoms with Gasteiger partial charge in [-0.15, -0.1) is 0 Å². The van der Waals surface area contributed by atoms with Crippen molar-refractivity contribution in [1.29, 1.82) is 0 Å². The number of para-hydroxylation sites is 1. The van der Waals surface area contributed by atoms with E-state index in [-0.39, 0.29) is 47.0 Å². The van der Waals surface area contributed by atoms with Crippen LogP contribution in [0.5, 0.6) is 11.5 Å². The van der Waals surface area contributed by atoms with Gasteiger partial charge in [-0.1, -0.05) is 29.8 Å². The number of hydrogen-bond acceptors (Lipinski definition) is 9. The predicted molar refractivity (Wildman–Crippen MR) is 177 cm³/mol. The van der Waals surface area contributed by atoms with E-state index >= 15 is 0 Å². The minimum absolute atomic E-state index is 0.0150. The number of halogens is 1. The molecule has 0 unspecified atom stereocenters. The van der Waals surface area contributed by atoms with Gasteiger partial charge < -0.3 is 29.4 Å². The largest absolute Gasteiger partial charge is 0.462 e. The predicted octanol–water partition coefficient (Wildman–Crippen LogP) is 5.82. The summed E-state index contributed by atoms with van der Waals surface area (Å²) in [6.07, 6.45) is 1.61. The molecule has 0 saturated carbocycles. The van der Waals surface area contributed by atoms with Gasteiger partial charge in [0.15, 0.2) is 11.5 Å². The van der Waals surface area contributed by atoms with E-state index in [1.807, 2.05) is 35.8 Å². The fourth-order valence-electron chi connectivity index (χ4n) is 5.24. The molecule has 4 aromatic rings. The highest BCUT2D eigenvalue weighted by atomic mass is 35.5. The first kappa shape index (κ1) is 31.7. The standard InChI is InChI=1S/C33H27ClN4O8S/c1-3-44-32(42)23-12-19(8-10-24(23)34)35-30(40)16-38-31(41)28(47-33(38)43)14-22-18(2)37(25-7-5-4-6-21(22)25)15-29(39)36-20-9-11-26-27(13-20)46-17-45-26/h4-14H,3,15-17H2,1-2H3,(H,35,40)(H,36,39)/b28-14-. The van der Waals surface area contributed by atoms with Crippen LogP contribution in [0.25, 0.3) is 17.0 Å². The minimum Gasteiger partial charge on any atom is -0.462 e. The summed E-state index contributed by atoms with van der Waals surface area (Å²) in [5.41, 5.74) is 3.01. The maximum Gasteiger partial charge on any atom is 0.339 e. The number of fused-ring (bicyclic) bond motifs is 2. The van der Waals surface area contributed by atoms with Crippen LogP contribution in [0.1, 0.15) is 28.5 Å². The minimum atomic E-state index is -0.647. The van der Waals surface area contributed by atoms with E-state index in [4.69, 9.17) is 25.8 Å². The molecule has 2 aliphatic heterocycles. The molecule has 3 heterocycles. The number of ether oxygens (including phenoxy) is 3. The number of carbonyl (C=O) groups is 5. The van der Waals surface area contributed by atoms with E-state index in [9.17, 15) is 24.0 Å². The van der Waals surface area contributed by atoms with E-state index in [2.05, 4.69) is 10.6 Å². The molecule has 3 aromatic carbocycles. The third-order valence-electron chi connectivity index (χ3n) is 7.43. The number of hydrogen-bond donors (Lipinski definition) is 2. The first-order valence-electron chi connectivity index (χ1n) is 14.4. The zero-order valence-corrected chi connectivity index (χ0v) is 26.7. The summed E-state index contributed by atoms with van der Waals surface area (Å²) in [6, 6.07) is 16.9. The van der Waals surface area contributed by atoms with E-state index in [1.54, 1.807) is 31.2 Å². The first-order chi connectivity index (χ1) is 22.6. The normalized spacial score (nSPS) is 14.6. The second kappa shape index (κ2) is 13.2. The molecule has 14 heteroatoms. The van der Waals surface area contributed by atoms with Crippen LogP contribution < -0.4 is 20.1 Å². The summed E-state index contributed by atoms with van der Waals surface area (Å²) in [4.78, 5) is 65.3. The van der Waals surface area contributed by atoms with Crippen LogP contribution >= 0.6 is 23.4 Å². The molecule has 240 valence electrons. The van der Waals surface area contributed by atoms with Crippen LogP contribution in [0.2, 0.25) is 5.02 Å². The molecule has 1 aromatic heterocycles. The Kier molecular flexibility index (Phi) is 8.92. The van der Waals surface area contributed by atoms with Gasteiger partial charge in [0, 0.05) is 39.6 Å². The van der Waals surface area contributed by atoms with Crippen LogP contribution in [0.3, 0.4) is 0 Å². The van der Waals surface area contributed by atoms with Crippen molar-refractivity contribution in [2.75, 3.05) is 30.6 Å². The Morgan fingerprint density at radius 2 is 1.66 bits per heavy atom. The van der Waals surface area contributed by atoms with Crippen molar-refractivity contribution in [2.24, 2.45) is 0 Å². The molecule has 2 N–H and O–H groups in total. The molecule has 0 atom stereocenters. The molecular formula is C33H27ClN4O8S. The van der Waals surface area contributed by atoms with Crippen molar-refractivity contribution in [3.63, 3.8) is 0 Å². The third kappa shape index (κ3) is 6.53. The Balaban J connectivity index is 1.18. The molecule has 1 fully saturated rings.